The molecule has 2 amide bonds. The molecule has 10 heteroatoms. The molecule has 0 radical (unpaired) electrons. The van der Waals surface area contributed by atoms with Crippen molar-refractivity contribution in [1.82, 2.24) is 4.90 Å². The smallest absolute Gasteiger partial charge is 0.259 e. The van der Waals surface area contributed by atoms with Gasteiger partial charge in [-0.15, -0.1) is 0 Å². The first-order chi connectivity index (χ1) is 15.6. The lowest BCUT2D eigenvalue weighted by molar-refractivity contribution is -0.114. The zero-order valence-corrected chi connectivity index (χ0v) is 19.8. The third-order valence-electron chi connectivity index (χ3n) is 5.15. The van der Waals surface area contributed by atoms with Gasteiger partial charge in [0, 0.05) is 18.7 Å². The van der Waals surface area contributed by atoms with Crippen LogP contribution in [0.2, 0.25) is 0 Å². The van der Waals surface area contributed by atoms with Crippen LogP contribution in [0.3, 0.4) is 0 Å². The van der Waals surface area contributed by atoms with Gasteiger partial charge in [0.05, 0.1) is 36.3 Å². The van der Waals surface area contributed by atoms with Crippen LogP contribution < -0.4 is 14.8 Å². The number of amides is 2. The van der Waals surface area contributed by atoms with E-state index in [4.69, 9.17) is 9.47 Å². The monoisotopic (exact) mass is 476 g/mol. The number of aliphatic hydroxyl groups excluding tert-OH is 1. The number of carbonyl (C=O) groups is 2. The van der Waals surface area contributed by atoms with Crippen molar-refractivity contribution < 1.29 is 32.6 Å². The predicted octanol–water partition coefficient (Wildman–Crippen LogP) is 2.68. The van der Waals surface area contributed by atoms with Gasteiger partial charge in [0.25, 0.3) is 5.91 Å². The Morgan fingerprint density at radius 2 is 1.82 bits per heavy atom. The number of ether oxygens (including phenoxy) is 2. The van der Waals surface area contributed by atoms with Crippen LogP contribution in [0.5, 0.6) is 11.5 Å². The fourth-order valence-corrected chi connectivity index (χ4v) is 4.85. The van der Waals surface area contributed by atoms with Gasteiger partial charge in [-0.1, -0.05) is 18.2 Å². The van der Waals surface area contributed by atoms with Crippen LogP contribution in [0.15, 0.2) is 36.4 Å². The molecule has 178 valence electrons. The number of fused-ring (bicyclic) bond motifs is 1. The molecule has 0 fully saturated rings. The average molecular weight is 477 g/mol. The molecule has 2 unspecified atom stereocenters. The van der Waals surface area contributed by atoms with E-state index in [1.54, 1.807) is 36.4 Å². The van der Waals surface area contributed by atoms with Crippen molar-refractivity contribution in [2.24, 2.45) is 0 Å². The first-order valence-corrected chi connectivity index (χ1v) is 12.6. The number of hydrogen-bond acceptors (Lipinski definition) is 7. The van der Waals surface area contributed by atoms with Crippen LogP contribution in [0.1, 0.15) is 54.5 Å². The summed E-state index contributed by atoms with van der Waals surface area (Å²) in [6.45, 7) is 5.73. The van der Waals surface area contributed by atoms with E-state index in [0.717, 1.165) is 11.2 Å². The second-order valence-corrected chi connectivity index (χ2v) is 9.90. The number of rotatable bonds is 9. The molecule has 0 saturated heterocycles. The molecule has 9 nitrogen and oxygen atoms in total. The highest BCUT2D eigenvalue weighted by Crippen LogP contribution is 2.43. The second kappa shape index (κ2) is 9.80. The summed E-state index contributed by atoms with van der Waals surface area (Å²) in [4.78, 5) is 26.2. The molecule has 1 aliphatic heterocycles. The molecular formula is C23H28N2O7S. The van der Waals surface area contributed by atoms with Crippen molar-refractivity contribution in [3.05, 3.63) is 53.1 Å². The summed E-state index contributed by atoms with van der Waals surface area (Å²) in [5, 5.41) is 13.7. The second-order valence-electron chi connectivity index (χ2n) is 7.72. The minimum atomic E-state index is -3.56. The van der Waals surface area contributed by atoms with E-state index in [9.17, 15) is 23.1 Å². The number of hydrogen-bond donors (Lipinski definition) is 2. The molecule has 2 atom stereocenters. The summed E-state index contributed by atoms with van der Waals surface area (Å²) in [6, 6.07) is 8.68. The molecule has 0 bridgehead atoms. The standard InChI is InChI=1S/C23H28N2O7S/c1-5-31-19-11-10-15(12-20(19)32-6-2)18(13-33(4,29)30)25-22(27)16-8-7-9-17(24-14(3)26)21(16)23(25)28/h7-12,18,22,27H,5-6,13H2,1-4H3,(H,24,26). The number of aliphatic hydroxyl groups is 1. The highest BCUT2D eigenvalue weighted by atomic mass is 32.2. The van der Waals surface area contributed by atoms with E-state index in [1.165, 1.54) is 6.92 Å². The largest absolute Gasteiger partial charge is 0.490 e. The maximum atomic E-state index is 13.5. The molecule has 0 saturated carbocycles. The molecule has 0 aliphatic carbocycles. The Morgan fingerprint density at radius 3 is 2.42 bits per heavy atom. The van der Waals surface area contributed by atoms with Gasteiger partial charge >= 0.3 is 0 Å². The van der Waals surface area contributed by atoms with Gasteiger partial charge in [-0.05, 0) is 37.6 Å². The van der Waals surface area contributed by atoms with Crippen molar-refractivity contribution in [1.29, 1.82) is 0 Å². The number of carbonyl (C=O) groups excluding carboxylic acids is 2. The fourth-order valence-electron chi connectivity index (χ4n) is 3.92. The van der Waals surface area contributed by atoms with Crippen LogP contribution in [0.25, 0.3) is 0 Å². The van der Waals surface area contributed by atoms with Crippen molar-refractivity contribution in [3.8, 4) is 11.5 Å². The number of nitrogens with zero attached hydrogens (tertiary/aromatic N) is 1. The maximum Gasteiger partial charge on any atom is 0.259 e. The van der Waals surface area contributed by atoms with Gasteiger partial charge in [-0.2, -0.15) is 0 Å². The van der Waals surface area contributed by atoms with E-state index in [2.05, 4.69) is 5.32 Å². The van der Waals surface area contributed by atoms with E-state index in [-0.39, 0.29) is 17.2 Å². The van der Waals surface area contributed by atoms with Crippen LogP contribution in [-0.4, -0.2) is 55.5 Å². The summed E-state index contributed by atoms with van der Waals surface area (Å²) >= 11 is 0. The van der Waals surface area contributed by atoms with Gasteiger partial charge in [-0.3, -0.25) is 9.59 Å². The van der Waals surface area contributed by atoms with Crippen LogP contribution in [-0.2, 0) is 14.6 Å². The third kappa shape index (κ3) is 5.28. The predicted molar refractivity (Wildman–Crippen MR) is 123 cm³/mol. The molecule has 1 heterocycles. The SMILES string of the molecule is CCOc1ccc(C(CS(C)(=O)=O)N2C(=O)c3c(NC(C)=O)cccc3C2O)cc1OCC. The number of benzene rings is 2. The first-order valence-electron chi connectivity index (χ1n) is 10.6. The van der Waals surface area contributed by atoms with Gasteiger partial charge in [0.15, 0.2) is 17.7 Å². The summed E-state index contributed by atoms with van der Waals surface area (Å²) in [6.07, 6.45) is -0.323. The minimum Gasteiger partial charge on any atom is -0.490 e. The van der Waals surface area contributed by atoms with Crippen molar-refractivity contribution in [2.75, 3.05) is 30.5 Å². The van der Waals surface area contributed by atoms with E-state index < -0.39 is 33.8 Å². The molecular weight excluding hydrogens is 448 g/mol. The Bertz CT molecular complexity index is 1160. The number of anilines is 1. The summed E-state index contributed by atoms with van der Waals surface area (Å²) in [5.41, 5.74) is 1.15. The Hall–Kier alpha value is -3.11. The molecule has 33 heavy (non-hydrogen) atoms. The lowest BCUT2D eigenvalue weighted by Gasteiger charge is -2.31. The molecule has 1 aliphatic rings. The average Bonchev–Trinajstić information content (AvgIpc) is 2.98. The topological polar surface area (TPSA) is 122 Å². The van der Waals surface area contributed by atoms with Crippen LogP contribution in [0, 0.1) is 0 Å². The zero-order valence-electron chi connectivity index (χ0n) is 19.0. The number of nitrogens with one attached hydrogen (secondary N) is 1. The summed E-state index contributed by atoms with van der Waals surface area (Å²) in [7, 11) is -3.56. The Kier molecular flexibility index (Phi) is 7.28. The van der Waals surface area contributed by atoms with Gasteiger partial charge in [0.1, 0.15) is 9.84 Å². The summed E-state index contributed by atoms with van der Waals surface area (Å²) in [5.74, 6) is -0.468. The van der Waals surface area contributed by atoms with Crippen molar-refractivity contribution in [2.45, 2.75) is 33.0 Å². The number of sulfone groups is 1. The minimum absolute atomic E-state index is 0.134. The van der Waals surface area contributed by atoms with Crippen molar-refractivity contribution in [3.63, 3.8) is 0 Å². The molecule has 2 aromatic carbocycles. The molecule has 0 spiro atoms. The van der Waals surface area contributed by atoms with E-state index >= 15 is 0 Å². The van der Waals surface area contributed by atoms with Gasteiger partial charge in [0.2, 0.25) is 5.91 Å². The Balaban J connectivity index is 2.11. The van der Waals surface area contributed by atoms with Crippen LogP contribution >= 0.6 is 0 Å². The first kappa shape index (κ1) is 24.5. The lowest BCUT2D eigenvalue weighted by Crippen LogP contribution is -2.36. The molecule has 0 aromatic heterocycles. The Morgan fingerprint density at radius 1 is 1.15 bits per heavy atom. The quantitative estimate of drug-likeness (QED) is 0.570. The zero-order chi connectivity index (χ0) is 24.3. The summed E-state index contributed by atoms with van der Waals surface area (Å²) < 4.78 is 35.9. The molecule has 3 rings (SSSR count). The van der Waals surface area contributed by atoms with Crippen molar-refractivity contribution >= 4 is 27.3 Å². The van der Waals surface area contributed by atoms with Crippen LogP contribution in [0.4, 0.5) is 5.69 Å². The van der Waals surface area contributed by atoms with E-state index in [0.29, 0.717) is 35.8 Å². The highest BCUT2D eigenvalue weighted by molar-refractivity contribution is 7.90. The lowest BCUT2D eigenvalue weighted by atomic mass is 10.1. The normalized spacial score (nSPS) is 16.3. The third-order valence-corrected chi connectivity index (χ3v) is 6.07. The highest BCUT2D eigenvalue weighted by Gasteiger charge is 2.43. The molecule has 2 aromatic rings. The van der Waals surface area contributed by atoms with E-state index in [1.807, 2.05) is 13.8 Å². The van der Waals surface area contributed by atoms with Gasteiger partial charge in [-0.25, -0.2) is 8.42 Å². The maximum absolute atomic E-state index is 13.5. The fraction of sp³-hybridized carbons (Fsp3) is 0.391. The molecule has 2 N–H and O–H groups in total. The Labute approximate surface area is 193 Å². The van der Waals surface area contributed by atoms with Gasteiger partial charge < -0.3 is 24.8 Å².